The van der Waals surface area contributed by atoms with Crippen molar-refractivity contribution in [3.8, 4) is 5.75 Å². The number of pyridine rings is 1. The molecular formula is C20H24F3N5O3. The molecule has 2 aromatic rings. The number of hydrogen-bond donors (Lipinski definition) is 2. The predicted molar refractivity (Wildman–Crippen MR) is 104 cm³/mol. The topological polar surface area (TPSA) is 98.1 Å². The van der Waals surface area contributed by atoms with E-state index in [0.29, 0.717) is 31.4 Å². The maximum absolute atomic E-state index is 13.1. The number of carbonyl (C=O) groups excluding carboxylic acids is 2. The Balaban J connectivity index is 1.48. The first kappa shape index (κ1) is 22.6. The zero-order valence-corrected chi connectivity index (χ0v) is 17.2. The fraction of sp³-hybridized carbons (Fsp3) is 0.500. The van der Waals surface area contributed by atoms with Crippen molar-refractivity contribution in [2.45, 2.75) is 50.4 Å². The quantitative estimate of drug-likeness (QED) is 0.690. The van der Waals surface area contributed by atoms with E-state index in [2.05, 4.69) is 20.7 Å². The van der Waals surface area contributed by atoms with Gasteiger partial charge in [0.1, 0.15) is 5.75 Å². The Morgan fingerprint density at radius 2 is 1.94 bits per heavy atom. The van der Waals surface area contributed by atoms with E-state index in [9.17, 15) is 22.8 Å². The average Bonchev–Trinajstić information content (AvgIpc) is 3.32. The summed E-state index contributed by atoms with van der Waals surface area (Å²) in [4.78, 5) is 28.7. The number of halogens is 3. The first-order chi connectivity index (χ1) is 14.7. The normalized spacial score (nSPS) is 18.6. The van der Waals surface area contributed by atoms with Crippen molar-refractivity contribution >= 4 is 11.8 Å². The van der Waals surface area contributed by atoms with Crippen LogP contribution in [0.3, 0.4) is 0 Å². The Hall–Kier alpha value is -3.11. The summed E-state index contributed by atoms with van der Waals surface area (Å²) in [6.45, 7) is 0. The van der Waals surface area contributed by atoms with Gasteiger partial charge in [-0.25, -0.2) is 0 Å². The van der Waals surface area contributed by atoms with Gasteiger partial charge in [0, 0.05) is 37.9 Å². The molecular weight excluding hydrogens is 415 g/mol. The van der Waals surface area contributed by atoms with E-state index in [-0.39, 0.29) is 24.4 Å². The van der Waals surface area contributed by atoms with Gasteiger partial charge < -0.3 is 15.4 Å². The lowest BCUT2D eigenvalue weighted by molar-refractivity contribution is -0.141. The second-order valence-corrected chi connectivity index (χ2v) is 7.54. The minimum Gasteiger partial charge on any atom is -0.495 e. The Bertz CT molecular complexity index is 944. The standard InChI is InChI=1S/C20H24F3N5O3/c1-28-11-16(18(27-28)20(21,22)23)19(30)26-14-5-4-13(8-14)25-17(29)6-3-12-7-15(31-2)10-24-9-12/h7,9-11,13-14H,3-6,8H2,1-2H3,(H,25,29)(H,26,30)/t13-,14+/m1/s1. The van der Waals surface area contributed by atoms with Crippen LogP contribution in [0.15, 0.2) is 24.7 Å². The molecule has 0 spiro atoms. The average molecular weight is 439 g/mol. The minimum atomic E-state index is -4.71. The molecule has 0 unspecified atom stereocenters. The molecule has 1 aliphatic carbocycles. The maximum atomic E-state index is 13.1. The number of rotatable bonds is 7. The molecule has 1 fully saturated rings. The number of alkyl halides is 3. The highest BCUT2D eigenvalue weighted by Gasteiger charge is 2.39. The van der Waals surface area contributed by atoms with Gasteiger partial charge in [-0.2, -0.15) is 18.3 Å². The van der Waals surface area contributed by atoms with Crippen LogP contribution in [0.5, 0.6) is 5.75 Å². The van der Waals surface area contributed by atoms with Gasteiger partial charge in [-0.1, -0.05) is 0 Å². The molecule has 0 saturated heterocycles. The number of nitrogens with zero attached hydrogens (tertiary/aromatic N) is 3. The fourth-order valence-corrected chi connectivity index (χ4v) is 3.64. The molecule has 0 bridgehead atoms. The van der Waals surface area contributed by atoms with Gasteiger partial charge in [0.05, 0.1) is 18.9 Å². The highest BCUT2D eigenvalue weighted by Crippen LogP contribution is 2.31. The number of carbonyl (C=O) groups is 2. The van der Waals surface area contributed by atoms with E-state index >= 15 is 0 Å². The molecule has 2 heterocycles. The highest BCUT2D eigenvalue weighted by molar-refractivity contribution is 5.95. The third-order valence-corrected chi connectivity index (χ3v) is 5.12. The molecule has 1 aliphatic rings. The largest absolute Gasteiger partial charge is 0.495 e. The third-order valence-electron chi connectivity index (χ3n) is 5.12. The number of methoxy groups -OCH3 is 1. The van der Waals surface area contributed by atoms with Crippen LogP contribution in [0.25, 0.3) is 0 Å². The van der Waals surface area contributed by atoms with E-state index in [4.69, 9.17) is 4.74 Å². The van der Waals surface area contributed by atoms with Crippen LogP contribution in [0.2, 0.25) is 0 Å². The smallest absolute Gasteiger partial charge is 0.435 e. The number of amides is 2. The lowest BCUT2D eigenvalue weighted by Gasteiger charge is -2.15. The van der Waals surface area contributed by atoms with E-state index in [0.717, 1.165) is 16.4 Å². The lowest BCUT2D eigenvalue weighted by Crippen LogP contribution is -2.37. The van der Waals surface area contributed by atoms with Crippen LogP contribution in [0, 0.1) is 0 Å². The molecule has 2 aromatic heterocycles. The molecule has 2 atom stereocenters. The molecule has 0 radical (unpaired) electrons. The molecule has 8 nitrogen and oxygen atoms in total. The van der Waals surface area contributed by atoms with E-state index in [1.807, 2.05) is 6.07 Å². The van der Waals surface area contributed by atoms with Gasteiger partial charge in [-0.05, 0) is 37.3 Å². The molecule has 0 aliphatic heterocycles. The first-order valence-corrected chi connectivity index (χ1v) is 9.84. The van der Waals surface area contributed by atoms with Crippen LogP contribution in [-0.4, -0.2) is 45.8 Å². The minimum absolute atomic E-state index is 0.133. The summed E-state index contributed by atoms with van der Waals surface area (Å²) >= 11 is 0. The van der Waals surface area contributed by atoms with Gasteiger partial charge in [0.15, 0.2) is 5.69 Å². The number of nitrogens with one attached hydrogen (secondary N) is 2. The molecule has 11 heteroatoms. The van der Waals surface area contributed by atoms with Crippen LogP contribution in [0.1, 0.15) is 47.3 Å². The molecule has 0 aromatic carbocycles. The zero-order valence-electron chi connectivity index (χ0n) is 17.2. The maximum Gasteiger partial charge on any atom is 0.435 e. The van der Waals surface area contributed by atoms with Crippen LogP contribution < -0.4 is 15.4 Å². The summed E-state index contributed by atoms with van der Waals surface area (Å²) in [5.74, 6) is -0.330. The summed E-state index contributed by atoms with van der Waals surface area (Å²) in [6.07, 6.45) is 2.04. The fourth-order valence-electron chi connectivity index (χ4n) is 3.64. The molecule has 3 rings (SSSR count). The molecule has 31 heavy (non-hydrogen) atoms. The van der Waals surface area contributed by atoms with Crippen LogP contribution in [-0.2, 0) is 24.4 Å². The van der Waals surface area contributed by atoms with E-state index in [1.165, 1.54) is 7.05 Å². The Morgan fingerprint density at radius 1 is 1.23 bits per heavy atom. The summed E-state index contributed by atoms with van der Waals surface area (Å²) in [5.41, 5.74) is -0.834. The van der Waals surface area contributed by atoms with Gasteiger partial charge in [-0.15, -0.1) is 0 Å². The van der Waals surface area contributed by atoms with Gasteiger partial charge >= 0.3 is 6.18 Å². The Labute approximate surface area is 177 Å². The van der Waals surface area contributed by atoms with Crippen molar-refractivity contribution in [2.24, 2.45) is 7.05 Å². The van der Waals surface area contributed by atoms with Gasteiger partial charge in [-0.3, -0.25) is 19.3 Å². The lowest BCUT2D eigenvalue weighted by atomic mass is 10.1. The summed E-state index contributed by atoms with van der Waals surface area (Å²) < 4.78 is 45.3. The predicted octanol–water partition coefficient (Wildman–Crippen LogP) is 2.24. The van der Waals surface area contributed by atoms with Crippen molar-refractivity contribution in [3.63, 3.8) is 0 Å². The second-order valence-electron chi connectivity index (χ2n) is 7.54. The van der Waals surface area contributed by atoms with Crippen molar-refractivity contribution in [1.29, 1.82) is 0 Å². The first-order valence-electron chi connectivity index (χ1n) is 9.84. The molecule has 2 N–H and O–H groups in total. The van der Waals surface area contributed by atoms with E-state index in [1.54, 1.807) is 19.5 Å². The number of hydrogen-bond acceptors (Lipinski definition) is 5. The molecule has 2 amide bonds. The van der Waals surface area contributed by atoms with Gasteiger partial charge in [0.25, 0.3) is 5.91 Å². The summed E-state index contributed by atoms with van der Waals surface area (Å²) in [5, 5.41) is 8.90. The third kappa shape index (κ3) is 5.96. The van der Waals surface area contributed by atoms with Gasteiger partial charge in [0.2, 0.25) is 5.91 Å². The Kier molecular flexibility index (Phi) is 6.81. The summed E-state index contributed by atoms with van der Waals surface area (Å²) in [7, 11) is 2.87. The second kappa shape index (κ2) is 9.36. The molecule has 168 valence electrons. The van der Waals surface area contributed by atoms with Crippen LogP contribution in [0.4, 0.5) is 13.2 Å². The van der Waals surface area contributed by atoms with Crippen LogP contribution >= 0.6 is 0 Å². The monoisotopic (exact) mass is 439 g/mol. The summed E-state index contributed by atoms with van der Waals surface area (Å²) in [6, 6.07) is 1.36. The number of aryl methyl sites for hydroxylation is 2. The van der Waals surface area contributed by atoms with Crippen molar-refractivity contribution in [3.05, 3.63) is 41.5 Å². The SMILES string of the molecule is COc1cncc(CCC(=O)N[C@@H]2CC[C@H](NC(=O)c3cn(C)nc3C(F)(F)F)C2)c1. The highest BCUT2D eigenvalue weighted by atomic mass is 19.4. The van der Waals surface area contributed by atoms with Crippen molar-refractivity contribution in [1.82, 2.24) is 25.4 Å². The Morgan fingerprint density at radius 3 is 2.61 bits per heavy atom. The van der Waals surface area contributed by atoms with Crippen molar-refractivity contribution in [2.75, 3.05) is 7.11 Å². The zero-order chi connectivity index (χ0) is 22.6. The van der Waals surface area contributed by atoms with Crippen molar-refractivity contribution < 1.29 is 27.5 Å². The van der Waals surface area contributed by atoms with E-state index < -0.39 is 23.3 Å². The number of ether oxygens (including phenoxy) is 1. The number of aromatic nitrogens is 3. The molecule has 1 saturated carbocycles.